The van der Waals surface area contributed by atoms with Crippen molar-refractivity contribution in [3.63, 3.8) is 0 Å². The summed E-state index contributed by atoms with van der Waals surface area (Å²) in [5.74, 6) is 1.41. The molecule has 0 radical (unpaired) electrons. The number of nitrogens with zero attached hydrogens (tertiary/aromatic N) is 2. The predicted octanol–water partition coefficient (Wildman–Crippen LogP) is 2.31. The molecule has 1 saturated heterocycles. The maximum Gasteiger partial charge on any atom is 0.289 e. The third-order valence-electron chi connectivity index (χ3n) is 4.49. The normalized spacial score (nSPS) is 15.6. The van der Waals surface area contributed by atoms with Crippen molar-refractivity contribution < 1.29 is 22.4 Å². The van der Waals surface area contributed by atoms with Crippen LogP contribution < -0.4 is 4.74 Å². The number of furan rings is 1. The van der Waals surface area contributed by atoms with Gasteiger partial charge in [0.1, 0.15) is 28.0 Å². The van der Waals surface area contributed by atoms with E-state index in [-0.39, 0.29) is 24.0 Å². The molecule has 0 unspecified atom stereocenters. The van der Waals surface area contributed by atoms with E-state index in [9.17, 15) is 13.2 Å². The molecule has 3 rings (SSSR count). The Hall–Kier alpha value is -2.03. The van der Waals surface area contributed by atoms with Crippen LogP contribution in [0.4, 0.5) is 0 Å². The fraction of sp³-hybridized carbons (Fsp3) is 0.421. The molecule has 0 N–H and O–H groups in total. The topological polar surface area (TPSA) is 80.1 Å². The number of hydrogen-bond acceptors (Lipinski definition) is 6. The van der Waals surface area contributed by atoms with Crippen LogP contribution in [0.3, 0.4) is 0 Å². The summed E-state index contributed by atoms with van der Waals surface area (Å²) in [5, 5.41) is 0.587. The van der Waals surface area contributed by atoms with Crippen molar-refractivity contribution in [2.24, 2.45) is 0 Å². The third-order valence-corrected chi connectivity index (χ3v) is 5.65. The van der Waals surface area contributed by atoms with Crippen LogP contribution >= 0.6 is 11.6 Å². The smallest absolute Gasteiger partial charge is 0.289 e. The number of carbonyl (C=O) groups is 1. The second-order valence-electron chi connectivity index (χ2n) is 6.78. The van der Waals surface area contributed by atoms with Crippen LogP contribution in [0, 0.1) is 0 Å². The minimum Gasteiger partial charge on any atom is -0.486 e. The van der Waals surface area contributed by atoms with E-state index in [1.807, 2.05) is 0 Å². The maximum absolute atomic E-state index is 12.6. The predicted molar refractivity (Wildman–Crippen MR) is 107 cm³/mol. The van der Waals surface area contributed by atoms with Crippen molar-refractivity contribution in [2.75, 3.05) is 44.7 Å². The van der Waals surface area contributed by atoms with Gasteiger partial charge < -0.3 is 14.1 Å². The summed E-state index contributed by atoms with van der Waals surface area (Å²) in [4.78, 5) is 16.4. The fourth-order valence-corrected chi connectivity index (χ4v) is 3.68. The summed E-state index contributed by atoms with van der Waals surface area (Å²) in [6.07, 6.45) is 1.23. The monoisotopic (exact) mass is 426 g/mol. The first kappa shape index (κ1) is 20.7. The van der Waals surface area contributed by atoms with E-state index in [1.54, 1.807) is 41.3 Å². The zero-order valence-corrected chi connectivity index (χ0v) is 17.2. The van der Waals surface area contributed by atoms with Crippen molar-refractivity contribution in [1.29, 1.82) is 0 Å². The Morgan fingerprint density at radius 2 is 1.93 bits per heavy atom. The molecule has 2 aromatic rings. The van der Waals surface area contributed by atoms with Gasteiger partial charge in [-0.3, -0.25) is 9.69 Å². The van der Waals surface area contributed by atoms with E-state index in [2.05, 4.69) is 4.90 Å². The summed E-state index contributed by atoms with van der Waals surface area (Å²) >= 11 is 5.92. The number of amides is 1. The Balaban J connectivity index is 1.49. The molecule has 7 nitrogen and oxygen atoms in total. The molecule has 9 heteroatoms. The standard InChI is InChI=1S/C19H23ClN2O5S/c1-28(24,25)12-11-21-7-9-22(10-8-21)19(23)18-6-5-17(27-18)14-26-16-4-2-3-15(20)13-16/h2-6,13H,7-12,14H2,1H3. The molecule has 1 aromatic heterocycles. The molecule has 1 fully saturated rings. The highest BCUT2D eigenvalue weighted by Gasteiger charge is 2.24. The highest BCUT2D eigenvalue weighted by molar-refractivity contribution is 7.90. The summed E-state index contributed by atoms with van der Waals surface area (Å²) < 4.78 is 33.8. The van der Waals surface area contributed by atoms with Gasteiger partial charge in [0, 0.05) is 44.0 Å². The zero-order valence-electron chi connectivity index (χ0n) is 15.6. The Bertz CT molecular complexity index is 920. The lowest BCUT2D eigenvalue weighted by atomic mass is 10.3. The van der Waals surface area contributed by atoms with Crippen molar-refractivity contribution in [2.45, 2.75) is 6.61 Å². The molecular weight excluding hydrogens is 404 g/mol. The molecular formula is C19H23ClN2O5S. The Morgan fingerprint density at radius 3 is 2.61 bits per heavy atom. The SMILES string of the molecule is CS(=O)(=O)CCN1CCN(C(=O)c2ccc(COc3cccc(Cl)c3)o2)CC1. The van der Waals surface area contributed by atoms with E-state index >= 15 is 0 Å². The summed E-state index contributed by atoms with van der Waals surface area (Å²) in [5.41, 5.74) is 0. The number of rotatable bonds is 7. The first-order chi connectivity index (χ1) is 13.3. The molecule has 28 heavy (non-hydrogen) atoms. The minimum atomic E-state index is -2.98. The van der Waals surface area contributed by atoms with Crippen LogP contribution in [0.15, 0.2) is 40.8 Å². The van der Waals surface area contributed by atoms with Gasteiger partial charge in [0.25, 0.3) is 5.91 Å². The van der Waals surface area contributed by atoms with E-state index < -0.39 is 9.84 Å². The van der Waals surface area contributed by atoms with Gasteiger partial charge in [-0.1, -0.05) is 17.7 Å². The summed E-state index contributed by atoms with van der Waals surface area (Å²) in [6.45, 7) is 3.06. The highest BCUT2D eigenvalue weighted by atomic mass is 35.5. The van der Waals surface area contributed by atoms with Gasteiger partial charge in [-0.05, 0) is 30.3 Å². The third kappa shape index (κ3) is 5.98. The number of benzene rings is 1. The van der Waals surface area contributed by atoms with E-state index in [0.717, 1.165) is 0 Å². The lowest BCUT2D eigenvalue weighted by Gasteiger charge is -2.34. The largest absolute Gasteiger partial charge is 0.486 e. The maximum atomic E-state index is 12.6. The van der Waals surface area contributed by atoms with Gasteiger partial charge in [0.15, 0.2) is 5.76 Å². The number of sulfone groups is 1. The molecule has 2 heterocycles. The van der Waals surface area contributed by atoms with Crippen molar-refractivity contribution >= 4 is 27.3 Å². The summed E-state index contributed by atoms with van der Waals surface area (Å²) in [6, 6.07) is 10.4. The van der Waals surface area contributed by atoms with Crippen LogP contribution in [0.1, 0.15) is 16.3 Å². The van der Waals surface area contributed by atoms with Gasteiger partial charge in [-0.15, -0.1) is 0 Å². The number of hydrogen-bond donors (Lipinski definition) is 0. The van der Waals surface area contributed by atoms with Gasteiger partial charge >= 0.3 is 0 Å². The Kier molecular flexibility index (Phi) is 6.64. The second kappa shape index (κ2) is 8.98. The number of ether oxygens (including phenoxy) is 1. The van der Waals surface area contributed by atoms with Crippen LogP contribution in [0.5, 0.6) is 5.75 Å². The number of halogens is 1. The molecule has 0 spiro atoms. The van der Waals surface area contributed by atoms with E-state index in [4.69, 9.17) is 20.8 Å². The average molecular weight is 427 g/mol. The molecule has 1 amide bonds. The lowest BCUT2D eigenvalue weighted by Crippen LogP contribution is -2.49. The molecule has 0 bridgehead atoms. The highest BCUT2D eigenvalue weighted by Crippen LogP contribution is 2.19. The van der Waals surface area contributed by atoms with Gasteiger partial charge in [0.2, 0.25) is 0 Å². The molecule has 0 aliphatic carbocycles. The van der Waals surface area contributed by atoms with Gasteiger partial charge in [0.05, 0.1) is 5.75 Å². The second-order valence-corrected chi connectivity index (χ2v) is 9.47. The van der Waals surface area contributed by atoms with Crippen LogP contribution in [0.25, 0.3) is 0 Å². The minimum absolute atomic E-state index is 0.134. The molecule has 1 aliphatic rings. The van der Waals surface area contributed by atoms with Crippen LogP contribution in [0.2, 0.25) is 5.02 Å². The van der Waals surface area contributed by atoms with Crippen LogP contribution in [-0.2, 0) is 16.4 Å². The molecule has 0 atom stereocenters. The number of piperazine rings is 1. The van der Waals surface area contributed by atoms with E-state index in [0.29, 0.717) is 49.3 Å². The molecule has 0 saturated carbocycles. The average Bonchev–Trinajstić information content (AvgIpc) is 3.13. The zero-order chi connectivity index (χ0) is 20.1. The first-order valence-electron chi connectivity index (χ1n) is 8.96. The molecule has 152 valence electrons. The number of carbonyl (C=O) groups excluding carboxylic acids is 1. The van der Waals surface area contributed by atoms with Crippen LogP contribution in [-0.4, -0.2) is 68.9 Å². The summed E-state index contributed by atoms with van der Waals surface area (Å²) in [7, 11) is -2.98. The van der Waals surface area contributed by atoms with Gasteiger partial charge in [-0.25, -0.2) is 8.42 Å². The Labute approximate surface area is 169 Å². The first-order valence-corrected chi connectivity index (χ1v) is 11.4. The van der Waals surface area contributed by atoms with Crippen molar-refractivity contribution in [3.8, 4) is 5.75 Å². The van der Waals surface area contributed by atoms with E-state index in [1.165, 1.54) is 6.26 Å². The van der Waals surface area contributed by atoms with Crippen molar-refractivity contribution in [1.82, 2.24) is 9.80 Å². The quantitative estimate of drug-likeness (QED) is 0.676. The van der Waals surface area contributed by atoms with Gasteiger partial charge in [-0.2, -0.15) is 0 Å². The lowest BCUT2D eigenvalue weighted by molar-refractivity contribution is 0.0609. The molecule has 1 aliphatic heterocycles. The fourth-order valence-electron chi connectivity index (χ4n) is 2.91. The molecule has 1 aromatic carbocycles. The van der Waals surface area contributed by atoms with Crippen molar-refractivity contribution in [3.05, 3.63) is 52.9 Å². The Morgan fingerprint density at radius 1 is 1.18 bits per heavy atom.